The number of benzene rings is 3. The minimum atomic E-state index is -0.272. The number of rotatable bonds is 4. The standard InChI is InChI=1S/C28H27FN4O2/c1-18-7-10-20(11-8-18)27(34)31-25-21-17-19(2)9-12-23(21)30-26(25)28(35)33-15-13-32(14-16-33)24-6-4-3-5-22(24)29/h3-12,17,30H,13-16H2,1-2H3,(H,31,34). The second-order valence-electron chi connectivity index (χ2n) is 8.97. The molecule has 4 aromatic rings. The SMILES string of the molecule is Cc1ccc(C(=O)Nc2c(C(=O)N3CCN(c4ccccc4F)CC3)[nH]c3ccc(C)cc23)cc1. The number of carbonyl (C=O) groups is 2. The molecule has 1 fully saturated rings. The third-order valence-corrected chi connectivity index (χ3v) is 6.48. The smallest absolute Gasteiger partial charge is 0.272 e. The van der Waals surface area contributed by atoms with Crippen LogP contribution in [0.2, 0.25) is 0 Å². The number of piperazine rings is 1. The van der Waals surface area contributed by atoms with Crippen LogP contribution in [0.1, 0.15) is 32.0 Å². The molecule has 0 saturated carbocycles. The number of nitrogens with zero attached hydrogens (tertiary/aromatic N) is 2. The quantitative estimate of drug-likeness (QED) is 0.434. The van der Waals surface area contributed by atoms with Gasteiger partial charge in [-0.15, -0.1) is 0 Å². The van der Waals surface area contributed by atoms with Crippen LogP contribution in [0.3, 0.4) is 0 Å². The van der Waals surface area contributed by atoms with Gasteiger partial charge in [0.1, 0.15) is 11.5 Å². The summed E-state index contributed by atoms with van der Waals surface area (Å²) < 4.78 is 14.2. The maximum Gasteiger partial charge on any atom is 0.272 e. The van der Waals surface area contributed by atoms with Crippen molar-refractivity contribution in [3.63, 3.8) is 0 Å². The topological polar surface area (TPSA) is 68.4 Å². The second kappa shape index (κ2) is 9.25. The summed E-state index contributed by atoms with van der Waals surface area (Å²) in [5.41, 5.74) is 4.78. The Hall–Kier alpha value is -4.13. The van der Waals surface area contributed by atoms with E-state index in [0.29, 0.717) is 48.8 Å². The molecule has 5 rings (SSSR count). The predicted octanol–water partition coefficient (Wildman–Crippen LogP) is 5.14. The molecule has 2 heterocycles. The Bertz CT molecular complexity index is 1400. The third-order valence-electron chi connectivity index (χ3n) is 6.48. The van der Waals surface area contributed by atoms with E-state index in [0.717, 1.165) is 22.0 Å². The first-order valence-corrected chi connectivity index (χ1v) is 11.7. The average Bonchev–Trinajstić information content (AvgIpc) is 3.21. The molecule has 1 aliphatic heterocycles. The van der Waals surface area contributed by atoms with E-state index >= 15 is 0 Å². The molecule has 0 bridgehead atoms. The van der Waals surface area contributed by atoms with Crippen LogP contribution in [0.4, 0.5) is 15.8 Å². The van der Waals surface area contributed by atoms with Gasteiger partial charge in [-0.3, -0.25) is 9.59 Å². The van der Waals surface area contributed by atoms with Gasteiger partial charge in [-0.1, -0.05) is 41.5 Å². The first-order chi connectivity index (χ1) is 16.9. The number of aryl methyl sites for hydroxylation is 2. The zero-order valence-corrected chi connectivity index (χ0v) is 19.8. The number of carbonyl (C=O) groups excluding carboxylic acids is 2. The van der Waals surface area contributed by atoms with Crippen LogP contribution in [0.25, 0.3) is 10.9 Å². The number of halogens is 1. The van der Waals surface area contributed by atoms with Crippen LogP contribution < -0.4 is 10.2 Å². The van der Waals surface area contributed by atoms with Crippen LogP contribution >= 0.6 is 0 Å². The summed E-state index contributed by atoms with van der Waals surface area (Å²) in [5.74, 6) is -0.726. The Morgan fingerprint density at radius 2 is 1.57 bits per heavy atom. The lowest BCUT2D eigenvalue weighted by Gasteiger charge is -2.36. The van der Waals surface area contributed by atoms with Crippen molar-refractivity contribution in [3.05, 3.63) is 94.9 Å². The molecule has 0 aliphatic carbocycles. The number of fused-ring (bicyclic) bond motifs is 1. The number of amides is 2. The Balaban J connectivity index is 1.41. The summed E-state index contributed by atoms with van der Waals surface area (Å²) in [6.07, 6.45) is 0. The molecule has 7 heteroatoms. The molecular formula is C28H27FN4O2. The van der Waals surface area contributed by atoms with E-state index in [1.54, 1.807) is 29.2 Å². The number of H-pyrrole nitrogens is 1. The lowest BCUT2D eigenvalue weighted by atomic mass is 10.1. The van der Waals surface area contributed by atoms with Crippen molar-refractivity contribution < 1.29 is 14.0 Å². The summed E-state index contributed by atoms with van der Waals surface area (Å²) in [6, 6.07) is 19.8. The van der Waals surface area contributed by atoms with E-state index in [2.05, 4.69) is 10.3 Å². The Kier molecular flexibility index (Phi) is 5.99. The summed E-state index contributed by atoms with van der Waals surface area (Å²) in [6.45, 7) is 5.89. The molecule has 6 nitrogen and oxygen atoms in total. The van der Waals surface area contributed by atoms with Crippen LogP contribution in [-0.2, 0) is 0 Å². The number of para-hydroxylation sites is 1. The van der Waals surface area contributed by atoms with Crippen molar-refractivity contribution >= 4 is 34.1 Å². The van der Waals surface area contributed by atoms with Gasteiger partial charge in [0, 0.05) is 42.6 Å². The monoisotopic (exact) mass is 470 g/mol. The highest BCUT2D eigenvalue weighted by atomic mass is 19.1. The first-order valence-electron chi connectivity index (χ1n) is 11.7. The van der Waals surface area contributed by atoms with Crippen molar-refractivity contribution in [1.29, 1.82) is 0 Å². The van der Waals surface area contributed by atoms with E-state index in [9.17, 15) is 14.0 Å². The maximum absolute atomic E-state index is 14.2. The van der Waals surface area contributed by atoms with Crippen molar-refractivity contribution in [1.82, 2.24) is 9.88 Å². The Morgan fingerprint density at radius 3 is 2.29 bits per heavy atom. The van der Waals surface area contributed by atoms with Gasteiger partial charge in [-0.05, 0) is 50.2 Å². The van der Waals surface area contributed by atoms with Gasteiger partial charge in [0.25, 0.3) is 11.8 Å². The van der Waals surface area contributed by atoms with Gasteiger partial charge in [-0.2, -0.15) is 0 Å². The number of hydrogen-bond donors (Lipinski definition) is 2. The fourth-order valence-corrected chi connectivity index (χ4v) is 4.50. The molecule has 0 unspecified atom stereocenters. The van der Waals surface area contributed by atoms with E-state index in [1.807, 2.05) is 55.1 Å². The molecule has 1 aromatic heterocycles. The van der Waals surface area contributed by atoms with Gasteiger partial charge in [0.2, 0.25) is 0 Å². The van der Waals surface area contributed by atoms with Crippen LogP contribution in [0.5, 0.6) is 0 Å². The summed E-state index contributed by atoms with van der Waals surface area (Å²) >= 11 is 0. The molecule has 1 saturated heterocycles. The largest absolute Gasteiger partial charge is 0.366 e. The molecule has 3 aromatic carbocycles. The van der Waals surface area contributed by atoms with Gasteiger partial charge in [0.05, 0.1) is 11.4 Å². The Labute approximate surface area is 203 Å². The molecule has 0 atom stereocenters. The molecule has 35 heavy (non-hydrogen) atoms. The molecular weight excluding hydrogens is 443 g/mol. The molecule has 2 amide bonds. The zero-order valence-electron chi connectivity index (χ0n) is 19.8. The van der Waals surface area contributed by atoms with Gasteiger partial charge in [0.15, 0.2) is 0 Å². The van der Waals surface area contributed by atoms with E-state index < -0.39 is 0 Å². The second-order valence-corrected chi connectivity index (χ2v) is 8.97. The normalized spacial score (nSPS) is 13.8. The molecule has 2 N–H and O–H groups in total. The van der Waals surface area contributed by atoms with E-state index in [-0.39, 0.29) is 17.6 Å². The third kappa shape index (κ3) is 4.49. The molecule has 0 spiro atoms. The highest BCUT2D eigenvalue weighted by Crippen LogP contribution is 2.31. The molecule has 1 aliphatic rings. The van der Waals surface area contributed by atoms with Crippen molar-refractivity contribution in [2.75, 3.05) is 36.4 Å². The fourth-order valence-electron chi connectivity index (χ4n) is 4.50. The van der Waals surface area contributed by atoms with Crippen molar-refractivity contribution in [2.24, 2.45) is 0 Å². The lowest BCUT2D eigenvalue weighted by Crippen LogP contribution is -2.49. The number of hydrogen-bond acceptors (Lipinski definition) is 3. The number of aromatic nitrogens is 1. The predicted molar refractivity (Wildman–Crippen MR) is 137 cm³/mol. The van der Waals surface area contributed by atoms with E-state index in [1.165, 1.54) is 6.07 Å². The van der Waals surface area contributed by atoms with E-state index in [4.69, 9.17) is 0 Å². The number of nitrogens with one attached hydrogen (secondary N) is 2. The maximum atomic E-state index is 14.2. The van der Waals surface area contributed by atoms with Crippen molar-refractivity contribution in [3.8, 4) is 0 Å². The highest BCUT2D eigenvalue weighted by Gasteiger charge is 2.28. The van der Waals surface area contributed by atoms with Crippen LogP contribution in [0, 0.1) is 19.7 Å². The zero-order chi connectivity index (χ0) is 24.5. The van der Waals surface area contributed by atoms with Crippen LogP contribution in [0.15, 0.2) is 66.7 Å². The number of anilines is 2. The minimum absolute atomic E-state index is 0.189. The van der Waals surface area contributed by atoms with Gasteiger partial charge in [-0.25, -0.2) is 4.39 Å². The van der Waals surface area contributed by atoms with Gasteiger partial charge < -0.3 is 20.1 Å². The molecule has 178 valence electrons. The minimum Gasteiger partial charge on any atom is -0.366 e. The summed E-state index contributed by atoms with van der Waals surface area (Å²) in [7, 11) is 0. The summed E-state index contributed by atoms with van der Waals surface area (Å²) in [5, 5.41) is 3.77. The van der Waals surface area contributed by atoms with Gasteiger partial charge >= 0.3 is 0 Å². The highest BCUT2D eigenvalue weighted by molar-refractivity contribution is 6.15. The summed E-state index contributed by atoms with van der Waals surface area (Å²) in [4.78, 5) is 33.6. The number of aromatic amines is 1. The fraction of sp³-hybridized carbons (Fsp3) is 0.214. The lowest BCUT2D eigenvalue weighted by molar-refractivity contribution is 0.0742. The van der Waals surface area contributed by atoms with Crippen molar-refractivity contribution in [2.45, 2.75) is 13.8 Å². The first kappa shape index (κ1) is 22.7. The van der Waals surface area contributed by atoms with Crippen LogP contribution in [-0.4, -0.2) is 47.9 Å². The average molecular weight is 471 g/mol. The molecule has 0 radical (unpaired) electrons. The Morgan fingerprint density at radius 1 is 0.886 bits per heavy atom.